The van der Waals surface area contributed by atoms with E-state index in [9.17, 15) is 18.0 Å². The van der Waals surface area contributed by atoms with Crippen molar-refractivity contribution in [2.75, 3.05) is 44.8 Å². The van der Waals surface area contributed by atoms with E-state index in [0.717, 1.165) is 12.1 Å². The summed E-state index contributed by atoms with van der Waals surface area (Å²) in [6, 6.07) is 12.3. The van der Waals surface area contributed by atoms with Gasteiger partial charge in [-0.25, -0.2) is 0 Å². The molecule has 1 aliphatic heterocycles. The number of rotatable bonds is 5. The molecule has 1 fully saturated rings. The second-order valence-corrected chi connectivity index (χ2v) is 6.36. The van der Waals surface area contributed by atoms with Crippen LogP contribution in [0.3, 0.4) is 0 Å². The van der Waals surface area contributed by atoms with Gasteiger partial charge in [-0.2, -0.15) is 13.2 Å². The van der Waals surface area contributed by atoms with Crippen LogP contribution in [0.25, 0.3) is 0 Å². The first-order chi connectivity index (χ1) is 13.4. The third-order valence-electron chi connectivity index (χ3n) is 4.59. The average Bonchev–Trinajstić information content (AvgIpc) is 2.72. The highest BCUT2D eigenvalue weighted by molar-refractivity contribution is 5.78. The van der Waals surface area contributed by atoms with E-state index in [1.54, 1.807) is 35.2 Å². The molecule has 150 valence electrons. The summed E-state index contributed by atoms with van der Waals surface area (Å²) >= 11 is 0. The average molecular weight is 394 g/mol. The minimum atomic E-state index is -4.37. The van der Waals surface area contributed by atoms with Crippen molar-refractivity contribution in [3.8, 4) is 11.5 Å². The van der Waals surface area contributed by atoms with Crippen molar-refractivity contribution in [3.63, 3.8) is 0 Å². The van der Waals surface area contributed by atoms with E-state index in [-0.39, 0.29) is 12.5 Å². The van der Waals surface area contributed by atoms with Gasteiger partial charge in [0.05, 0.1) is 12.7 Å². The number of carbonyl (C=O) groups excluding carboxylic acids is 1. The molecule has 2 aromatic rings. The van der Waals surface area contributed by atoms with Crippen LogP contribution in [-0.4, -0.2) is 50.7 Å². The molecule has 2 aromatic carbocycles. The molecule has 0 aliphatic carbocycles. The van der Waals surface area contributed by atoms with Gasteiger partial charge >= 0.3 is 6.18 Å². The van der Waals surface area contributed by atoms with Crippen molar-refractivity contribution in [1.29, 1.82) is 0 Å². The fourth-order valence-electron chi connectivity index (χ4n) is 3.06. The highest BCUT2D eigenvalue weighted by Crippen LogP contribution is 2.32. The van der Waals surface area contributed by atoms with Gasteiger partial charge in [-0.05, 0) is 30.3 Å². The third kappa shape index (κ3) is 4.68. The molecule has 0 bridgehead atoms. The van der Waals surface area contributed by atoms with Gasteiger partial charge < -0.3 is 19.3 Å². The quantitative estimate of drug-likeness (QED) is 0.779. The van der Waals surface area contributed by atoms with Gasteiger partial charge in [-0.3, -0.25) is 4.79 Å². The molecule has 0 aromatic heterocycles. The molecule has 0 spiro atoms. The van der Waals surface area contributed by atoms with Crippen LogP contribution in [0.2, 0.25) is 0 Å². The summed E-state index contributed by atoms with van der Waals surface area (Å²) in [6.07, 6.45) is -4.37. The molecule has 3 rings (SSSR count). The number of benzene rings is 2. The third-order valence-corrected chi connectivity index (χ3v) is 4.59. The summed E-state index contributed by atoms with van der Waals surface area (Å²) in [4.78, 5) is 15.9. The summed E-state index contributed by atoms with van der Waals surface area (Å²) in [7, 11) is 1.52. The molecule has 5 nitrogen and oxygen atoms in total. The standard InChI is InChI=1S/C20H21F3N2O3/c1-27-17-7-2-3-8-18(17)28-14-19(26)25-11-9-24(10-12-25)16-6-4-5-15(13-16)20(21,22)23/h2-8,13H,9-12,14H2,1H3. The largest absolute Gasteiger partial charge is 0.493 e. The lowest BCUT2D eigenvalue weighted by Crippen LogP contribution is -2.50. The maximum Gasteiger partial charge on any atom is 0.416 e. The van der Waals surface area contributed by atoms with E-state index >= 15 is 0 Å². The maximum atomic E-state index is 12.9. The lowest BCUT2D eigenvalue weighted by molar-refractivity contribution is -0.137. The van der Waals surface area contributed by atoms with Gasteiger partial charge in [0.1, 0.15) is 0 Å². The van der Waals surface area contributed by atoms with Crippen LogP contribution in [0.1, 0.15) is 5.56 Å². The van der Waals surface area contributed by atoms with Gasteiger partial charge in [0.15, 0.2) is 18.1 Å². The zero-order valence-corrected chi connectivity index (χ0v) is 15.4. The summed E-state index contributed by atoms with van der Waals surface area (Å²) in [5, 5.41) is 0. The fraction of sp³-hybridized carbons (Fsp3) is 0.350. The fourth-order valence-corrected chi connectivity index (χ4v) is 3.06. The van der Waals surface area contributed by atoms with Crippen molar-refractivity contribution in [1.82, 2.24) is 4.90 Å². The Morgan fingerprint density at radius 2 is 1.68 bits per heavy atom. The van der Waals surface area contributed by atoms with Gasteiger partial charge in [-0.15, -0.1) is 0 Å². The van der Waals surface area contributed by atoms with E-state index in [4.69, 9.17) is 9.47 Å². The van der Waals surface area contributed by atoms with Gasteiger partial charge in [0.2, 0.25) is 0 Å². The van der Waals surface area contributed by atoms with E-state index < -0.39 is 11.7 Å². The Balaban J connectivity index is 1.54. The lowest BCUT2D eigenvalue weighted by atomic mass is 10.1. The van der Waals surface area contributed by atoms with Crippen LogP contribution in [0.15, 0.2) is 48.5 Å². The topological polar surface area (TPSA) is 42.0 Å². The highest BCUT2D eigenvalue weighted by atomic mass is 19.4. The van der Waals surface area contributed by atoms with E-state index in [2.05, 4.69) is 0 Å². The van der Waals surface area contributed by atoms with Crippen LogP contribution >= 0.6 is 0 Å². The zero-order valence-electron chi connectivity index (χ0n) is 15.4. The molecule has 1 saturated heterocycles. The molecule has 1 amide bonds. The number of carbonyl (C=O) groups is 1. The number of hydrogen-bond donors (Lipinski definition) is 0. The Labute approximate surface area is 161 Å². The summed E-state index contributed by atoms with van der Waals surface area (Å²) in [5.74, 6) is 0.861. The first-order valence-corrected chi connectivity index (χ1v) is 8.84. The predicted octanol–water partition coefficient (Wildman–Crippen LogP) is 3.44. The van der Waals surface area contributed by atoms with Crippen molar-refractivity contribution < 1.29 is 27.4 Å². The van der Waals surface area contributed by atoms with Crippen LogP contribution in [0.5, 0.6) is 11.5 Å². The van der Waals surface area contributed by atoms with Crippen molar-refractivity contribution >= 4 is 11.6 Å². The Kier molecular flexibility index (Phi) is 5.96. The Morgan fingerprint density at radius 1 is 1.00 bits per heavy atom. The van der Waals surface area contributed by atoms with Gasteiger partial charge in [0, 0.05) is 31.9 Å². The number of methoxy groups -OCH3 is 1. The van der Waals surface area contributed by atoms with E-state index in [1.165, 1.54) is 13.2 Å². The first kappa shape index (κ1) is 19.9. The monoisotopic (exact) mass is 394 g/mol. The minimum absolute atomic E-state index is 0.121. The summed E-state index contributed by atoms with van der Waals surface area (Å²) < 4.78 is 49.4. The van der Waals surface area contributed by atoms with E-state index in [0.29, 0.717) is 43.4 Å². The predicted molar refractivity (Wildman–Crippen MR) is 98.7 cm³/mol. The minimum Gasteiger partial charge on any atom is -0.493 e. The zero-order chi connectivity index (χ0) is 20.1. The number of hydrogen-bond acceptors (Lipinski definition) is 4. The Hall–Kier alpha value is -2.90. The molecule has 1 aliphatic rings. The molecule has 0 atom stereocenters. The molecule has 28 heavy (non-hydrogen) atoms. The highest BCUT2D eigenvalue weighted by Gasteiger charge is 2.31. The molecular formula is C20H21F3N2O3. The number of ether oxygens (including phenoxy) is 2. The molecule has 0 radical (unpaired) electrons. The number of anilines is 1. The Bertz CT molecular complexity index is 818. The normalized spacial score (nSPS) is 14.7. The van der Waals surface area contributed by atoms with Crippen LogP contribution in [0, 0.1) is 0 Å². The van der Waals surface area contributed by atoms with Gasteiger partial charge in [0.25, 0.3) is 5.91 Å². The van der Waals surface area contributed by atoms with Gasteiger partial charge in [-0.1, -0.05) is 18.2 Å². The number of nitrogens with zero attached hydrogens (tertiary/aromatic N) is 2. The second kappa shape index (κ2) is 8.41. The molecule has 0 saturated carbocycles. The number of para-hydroxylation sites is 2. The van der Waals surface area contributed by atoms with Crippen LogP contribution in [0.4, 0.5) is 18.9 Å². The van der Waals surface area contributed by atoms with Crippen molar-refractivity contribution in [3.05, 3.63) is 54.1 Å². The number of alkyl halides is 3. The number of piperazine rings is 1. The first-order valence-electron chi connectivity index (χ1n) is 8.84. The SMILES string of the molecule is COc1ccccc1OCC(=O)N1CCN(c2cccc(C(F)(F)F)c2)CC1. The van der Waals surface area contributed by atoms with Crippen LogP contribution in [-0.2, 0) is 11.0 Å². The molecule has 8 heteroatoms. The number of amides is 1. The van der Waals surface area contributed by atoms with Crippen LogP contribution < -0.4 is 14.4 Å². The lowest BCUT2D eigenvalue weighted by Gasteiger charge is -2.36. The van der Waals surface area contributed by atoms with Crippen molar-refractivity contribution in [2.45, 2.75) is 6.18 Å². The number of halogens is 3. The smallest absolute Gasteiger partial charge is 0.416 e. The summed E-state index contributed by atoms with van der Waals surface area (Å²) in [5.41, 5.74) is -0.166. The maximum absolute atomic E-state index is 12.9. The summed E-state index contributed by atoms with van der Waals surface area (Å²) in [6.45, 7) is 1.64. The Morgan fingerprint density at radius 3 is 2.32 bits per heavy atom. The molecule has 1 heterocycles. The van der Waals surface area contributed by atoms with E-state index in [1.807, 2.05) is 4.90 Å². The molecular weight excluding hydrogens is 373 g/mol. The second-order valence-electron chi connectivity index (χ2n) is 6.36. The van der Waals surface area contributed by atoms with Crippen molar-refractivity contribution in [2.24, 2.45) is 0 Å². The molecule has 0 N–H and O–H groups in total. The molecule has 0 unspecified atom stereocenters.